The second-order valence-electron chi connectivity index (χ2n) is 3.67. The molecule has 0 atom stereocenters. The molecule has 0 fully saturated rings. The van der Waals surface area contributed by atoms with Crippen LogP contribution in [0.4, 0.5) is 5.69 Å². The monoisotopic (exact) mass is 260 g/mol. The van der Waals surface area contributed by atoms with Gasteiger partial charge in [-0.25, -0.2) is 0 Å². The van der Waals surface area contributed by atoms with Gasteiger partial charge in [0.15, 0.2) is 0 Å². The molecule has 0 heterocycles. The van der Waals surface area contributed by atoms with E-state index in [-0.39, 0.29) is 5.91 Å². The molecule has 104 valence electrons. The lowest BCUT2D eigenvalue weighted by molar-refractivity contribution is -0.119. The highest BCUT2D eigenvalue weighted by Gasteiger charge is 2.08. The minimum atomic E-state index is -0.0409. The quantitative estimate of drug-likeness (QED) is 0.769. The minimum absolute atomic E-state index is 0.0409. The zero-order valence-electron chi connectivity index (χ0n) is 12.1. The van der Waals surface area contributed by atoms with Gasteiger partial charge in [0.2, 0.25) is 5.91 Å². The van der Waals surface area contributed by atoms with Crippen molar-refractivity contribution in [2.45, 2.75) is 20.3 Å². The maximum atomic E-state index is 11.5. The van der Waals surface area contributed by atoms with Crippen molar-refractivity contribution in [3.8, 4) is 0 Å². The third-order valence-electron chi connectivity index (χ3n) is 2.39. The summed E-state index contributed by atoms with van der Waals surface area (Å²) in [4.78, 5) is 11.5. The number of amides is 1. The summed E-state index contributed by atoms with van der Waals surface area (Å²) in [6, 6.07) is 7.79. The van der Waals surface area contributed by atoms with Gasteiger partial charge in [-0.1, -0.05) is 44.7 Å². The molecule has 0 saturated heterocycles. The van der Waals surface area contributed by atoms with Crippen molar-refractivity contribution in [1.29, 1.82) is 0 Å². The number of benzene rings is 1. The Morgan fingerprint density at radius 2 is 1.95 bits per heavy atom. The number of para-hydroxylation sites is 1. The van der Waals surface area contributed by atoms with Crippen LogP contribution in [-0.2, 0) is 4.79 Å². The Bertz CT molecular complexity index is 425. The summed E-state index contributed by atoms with van der Waals surface area (Å²) in [6.07, 6.45) is 1.95. The van der Waals surface area contributed by atoms with Crippen molar-refractivity contribution in [3.63, 3.8) is 0 Å². The molecule has 1 aromatic carbocycles. The highest BCUT2D eigenvalue weighted by atomic mass is 16.1. The molecule has 0 spiro atoms. The van der Waals surface area contributed by atoms with Gasteiger partial charge in [-0.2, -0.15) is 0 Å². The standard InChI is InChI=1S/C14H18N2O.C2H6/c1-4-9-16-14(17)10-11(2)12-7-5-6-8-13(12)15-3;1-2/h4-8,15H,1-2,9-10H2,3H3,(H,16,17);1-2H3. The Labute approximate surface area is 116 Å². The highest BCUT2D eigenvalue weighted by Crippen LogP contribution is 2.24. The fourth-order valence-electron chi connectivity index (χ4n) is 1.55. The topological polar surface area (TPSA) is 41.1 Å². The molecule has 3 nitrogen and oxygen atoms in total. The van der Waals surface area contributed by atoms with Gasteiger partial charge in [-0.3, -0.25) is 4.79 Å². The summed E-state index contributed by atoms with van der Waals surface area (Å²) in [5.41, 5.74) is 2.76. The maximum Gasteiger partial charge on any atom is 0.224 e. The third kappa shape index (κ3) is 5.91. The lowest BCUT2D eigenvalue weighted by atomic mass is 10.0. The predicted molar refractivity (Wildman–Crippen MR) is 84.2 cm³/mol. The van der Waals surface area contributed by atoms with Crippen LogP contribution < -0.4 is 10.6 Å². The van der Waals surface area contributed by atoms with Crippen LogP contribution in [0.2, 0.25) is 0 Å². The van der Waals surface area contributed by atoms with E-state index in [4.69, 9.17) is 0 Å². The van der Waals surface area contributed by atoms with E-state index in [1.54, 1.807) is 6.08 Å². The number of nitrogens with one attached hydrogen (secondary N) is 2. The second kappa shape index (κ2) is 9.95. The number of hydrogen-bond donors (Lipinski definition) is 2. The van der Waals surface area contributed by atoms with Crippen LogP contribution in [0.5, 0.6) is 0 Å². The smallest absolute Gasteiger partial charge is 0.224 e. The molecule has 1 amide bonds. The first kappa shape index (κ1) is 17.0. The van der Waals surface area contributed by atoms with E-state index in [1.165, 1.54) is 0 Å². The van der Waals surface area contributed by atoms with Crippen LogP contribution in [0, 0.1) is 0 Å². The molecule has 2 N–H and O–H groups in total. The number of carbonyl (C=O) groups is 1. The minimum Gasteiger partial charge on any atom is -0.388 e. The Hall–Kier alpha value is -2.03. The Morgan fingerprint density at radius 1 is 1.32 bits per heavy atom. The first-order chi connectivity index (χ1) is 9.19. The maximum absolute atomic E-state index is 11.5. The molecule has 0 bridgehead atoms. The molecule has 0 saturated carbocycles. The molecule has 0 aliphatic carbocycles. The van der Waals surface area contributed by atoms with Gasteiger partial charge < -0.3 is 10.6 Å². The van der Waals surface area contributed by atoms with Crippen molar-refractivity contribution in [1.82, 2.24) is 5.32 Å². The highest BCUT2D eigenvalue weighted by molar-refractivity contribution is 5.90. The third-order valence-corrected chi connectivity index (χ3v) is 2.39. The van der Waals surface area contributed by atoms with Crippen molar-refractivity contribution in [3.05, 3.63) is 49.1 Å². The number of carbonyl (C=O) groups excluding carboxylic acids is 1. The van der Waals surface area contributed by atoms with E-state index in [0.717, 1.165) is 16.8 Å². The lowest BCUT2D eigenvalue weighted by Gasteiger charge is -2.11. The van der Waals surface area contributed by atoms with E-state index >= 15 is 0 Å². The first-order valence-electron chi connectivity index (χ1n) is 6.51. The molecular formula is C16H24N2O. The molecule has 0 aliphatic heterocycles. The summed E-state index contributed by atoms with van der Waals surface area (Å²) < 4.78 is 0. The van der Waals surface area contributed by atoms with Gasteiger partial charge in [0.1, 0.15) is 0 Å². The largest absolute Gasteiger partial charge is 0.388 e. The van der Waals surface area contributed by atoms with E-state index in [1.807, 2.05) is 45.2 Å². The van der Waals surface area contributed by atoms with Crippen LogP contribution in [0.1, 0.15) is 25.8 Å². The summed E-state index contributed by atoms with van der Waals surface area (Å²) in [5, 5.41) is 5.82. The van der Waals surface area contributed by atoms with Crippen LogP contribution in [0.3, 0.4) is 0 Å². The number of rotatable bonds is 6. The van der Waals surface area contributed by atoms with Gasteiger partial charge in [-0.05, 0) is 11.6 Å². The Morgan fingerprint density at radius 3 is 2.53 bits per heavy atom. The number of anilines is 1. The SMILES string of the molecule is C=CCNC(=O)CC(=C)c1ccccc1NC.CC. The predicted octanol–water partition coefficient (Wildman–Crippen LogP) is 3.46. The van der Waals surface area contributed by atoms with Gasteiger partial charge in [0, 0.05) is 24.8 Å². The van der Waals surface area contributed by atoms with Crippen molar-refractivity contribution < 1.29 is 4.79 Å². The summed E-state index contributed by atoms with van der Waals surface area (Å²) in [6.45, 7) is 12.0. The van der Waals surface area contributed by atoms with Gasteiger partial charge in [0.05, 0.1) is 6.42 Å². The average Bonchev–Trinajstić information content (AvgIpc) is 2.47. The molecule has 19 heavy (non-hydrogen) atoms. The van der Waals surface area contributed by atoms with Crippen LogP contribution in [0.25, 0.3) is 5.57 Å². The fraction of sp³-hybridized carbons (Fsp3) is 0.312. The average molecular weight is 260 g/mol. The zero-order chi connectivity index (χ0) is 14.7. The Balaban J connectivity index is 0.00000154. The van der Waals surface area contributed by atoms with E-state index in [0.29, 0.717) is 13.0 Å². The van der Waals surface area contributed by atoms with E-state index in [2.05, 4.69) is 23.8 Å². The first-order valence-corrected chi connectivity index (χ1v) is 6.51. The fourth-order valence-corrected chi connectivity index (χ4v) is 1.55. The normalized spacial score (nSPS) is 8.79. The van der Waals surface area contributed by atoms with Crippen molar-refractivity contribution in [2.24, 2.45) is 0 Å². The lowest BCUT2D eigenvalue weighted by Crippen LogP contribution is -2.23. The molecule has 1 aromatic rings. The van der Waals surface area contributed by atoms with E-state index in [9.17, 15) is 4.79 Å². The zero-order valence-corrected chi connectivity index (χ0v) is 12.1. The van der Waals surface area contributed by atoms with Crippen molar-refractivity contribution in [2.75, 3.05) is 18.9 Å². The molecule has 0 aromatic heterocycles. The summed E-state index contributed by atoms with van der Waals surface area (Å²) in [5.74, 6) is -0.0409. The van der Waals surface area contributed by atoms with E-state index < -0.39 is 0 Å². The molecule has 0 aliphatic rings. The van der Waals surface area contributed by atoms with Gasteiger partial charge in [-0.15, -0.1) is 6.58 Å². The van der Waals surface area contributed by atoms with Gasteiger partial charge >= 0.3 is 0 Å². The molecule has 1 rings (SSSR count). The summed E-state index contributed by atoms with van der Waals surface area (Å²) >= 11 is 0. The van der Waals surface area contributed by atoms with Crippen LogP contribution >= 0.6 is 0 Å². The molecule has 0 radical (unpaired) electrons. The van der Waals surface area contributed by atoms with Crippen molar-refractivity contribution >= 4 is 17.2 Å². The Kier molecular flexibility index (Phi) is 8.88. The van der Waals surface area contributed by atoms with Crippen LogP contribution in [-0.4, -0.2) is 19.5 Å². The van der Waals surface area contributed by atoms with Gasteiger partial charge in [0.25, 0.3) is 0 Å². The second-order valence-corrected chi connectivity index (χ2v) is 3.67. The molecular weight excluding hydrogens is 236 g/mol. The molecule has 3 heteroatoms. The van der Waals surface area contributed by atoms with Crippen LogP contribution in [0.15, 0.2) is 43.5 Å². The molecule has 0 unspecified atom stereocenters. The number of hydrogen-bond acceptors (Lipinski definition) is 2. The summed E-state index contributed by atoms with van der Waals surface area (Å²) in [7, 11) is 1.85.